The van der Waals surface area contributed by atoms with E-state index in [1.54, 1.807) is 13.8 Å². The van der Waals surface area contributed by atoms with E-state index < -0.39 is 16.9 Å². The molecule has 0 aliphatic heterocycles. The Kier molecular flexibility index (Phi) is 4.90. The minimum absolute atomic E-state index is 0.0296. The van der Waals surface area contributed by atoms with E-state index in [0.717, 1.165) is 0 Å². The SMILES string of the molecule is Cc1cnc(CNCC(O)C(N)=O)c(C)c1[N+](=O)[O-]. The van der Waals surface area contributed by atoms with Crippen LogP contribution in [0.3, 0.4) is 0 Å². The van der Waals surface area contributed by atoms with E-state index in [9.17, 15) is 20.0 Å². The molecule has 0 fully saturated rings. The highest BCUT2D eigenvalue weighted by Crippen LogP contribution is 2.23. The van der Waals surface area contributed by atoms with Crippen LogP contribution in [-0.4, -0.2) is 33.6 Å². The third kappa shape index (κ3) is 3.70. The lowest BCUT2D eigenvalue weighted by Crippen LogP contribution is -2.37. The summed E-state index contributed by atoms with van der Waals surface area (Å²) in [4.78, 5) is 25.2. The summed E-state index contributed by atoms with van der Waals surface area (Å²) in [5.41, 5.74) is 6.37. The number of nitrogens with zero attached hydrogens (tertiary/aromatic N) is 2. The molecule has 0 bridgehead atoms. The number of rotatable bonds is 6. The van der Waals surface area contributed by atoms with Gasteiger partial charge in [-0.15, -0.1) is 0 Å². The Morgan fingerprint density at radius 1 is 1.63 bits per heavy atom. The molecule has 0 saturated heterocycles. The first kappa shape index (κ1) is 15.0. The molecule has 0 saturated carbocycles. The zero-order valence-corrected chi connectivity index (χ0v) is 10.7. The van der Waals surface area contributed by atoms with Gasteiger partial charge in [-0.25, -0.2) is 0 Å². The van der Waals surface area contributed by atoms with Crippen molar-refractivity contribution in [1.82, 2.24) is 10.3 Å². The van der Waals surface area contributed by atoms with Crippen LogP contribution in [0.4, 0.5) is 5.69 Å². The normalized spacial score (nSPS) is 12.2. The number of aryl methyl sites for hydroxylation is 1. The van der Waals surface area contributed by atoms with Gasteiger partial charge in [0, 0.05) is 30.4 Å². The van der Waals surface area contributed by atoms with Crippen molar-refractivity contribution in [2.75, 3.05) is 6.54 Å². The summed E-state index contributed by atoms with van der Waals surface area (Å²) in [7, 11) is 0. The maximum atomic E-state index is 10.9. The molecule has 0 aromatic carbocycles. The van der Waals surface area contributed by atoms with Crippen LogP contribution in [0.2, 0.25) is 0 Å². The molecule has 1 amide bonds. The number of nitro groups is 1. The summed E-state index contributed by atoms with van der Waals surface area (Å²) in [5.74, 6) is -0.827. The molecule has 1 aromatic heterocycles. The largest absolute Gasteiger partial charge is 0.382 e. The fourth-order valence-corrected chi connectivity index (χ4v) is 1.65. The standard InChI is InChI=1S/C11H16N4O4/c1-6-3-14-8(7(2)10(6)15(18)19)4-13-5-9(16)11(12)17/h3,9,13,16H,4-5H2,1-2H3,(H2,12,17). The molecule has 0 radical (unpaired) electrons. The van der Waals surface area contributed by atoms with E-state index in [1.807, 2.05) is 0 Å². The Bertz CT molecular complexity index is 504. The number of nitrogens with two attached hydrogens (primary N) is 1. The molecule has 104 valence electrons. The predicted octanol–water partition coefficient (Wildman–Crippen LogP) is -0.458. The van der Waals surface area contributed by atoms with Gasteiger partial charge in [-0.05, 0) is 13.8 Å². The molecule has 1 aromatic rings. The Morgan fingerprint density at radius 3 is 2.79 bits per heavy atom. The summed E-state index contributed by atoms with van der Waals surface area (Å²) in [5, 5.41) is 22.9. The summed E-state index contributed by atoms with van der Waals surface area (Å²) < 4.78 is 0. The van der Waals surface area contributed by atoms with Crippen molar-refractivity contribution in [3.63, 3.8) is 0 Å². The zero-order valence-electron chi connectivity index (χ0n) is 10.7. The number of aromatic nitrogens is 1. The zero-order chi connectivity index (χ0) is 14.6. The third-order valence-corrected chi connectivity index (χ3v) is 2.72. The van der Waals surface area contributed by atoms with Crippen LogP contribution in [0, 0.1) is 24.0 Å². The van der Waals surface area contributed by atoms with E-state index in [0.29, 0.717) is 16.8 Å². The molecule has 1 heterocycles. The molecule has 1 rings (SSSR count). The van der Waals surface area contributed by atoms with Gasteiger partial charge in [0.15, 0.2) is 0 Å². The van der Waals surface area contributed by atoms with E-state index in [-0.39, 0.29) is 18.8 Å². The van der Waals surface area contributed by atoms with Gasteiger partial charge in [0.2, 0.25) is 5.91 Å². The predicted molar refractivity (Wildman–Crippen MR) is 67.3 cm³/mol. The highest BCUT2D eigenvalue weighted by molar-refractivity contribution is 5.78. The first-order chi connectivity index (χ1) is 8.84. The number of aliphatic hydroxyl groups excluding tert-OH is 1. The highest BCUT2D eigenvalue weighted by atomic mass is 16.6. The maximum absolute atomic E-state index is 10.9. The quantitative estimate of drug-likeness (QED) is 0.472. The lowest BCUT2D eigenvalue weighted by atomic mass is 10.1. The lowest BCUT2D eigenvalue weighted by Gasteiger charge is -2.10. The smallest absolute Gasteiger partial charge is 0.278 e. The molecular weight excluding hydrogens is 252 g/mol. The van der Waals surface area contributed by atoms with Crippen LogP contribution in [0.1, 0.15) is 16.8 Å². The second kappa shape index (κ2) is 6.21. The fraction of sp³-hybridized carbons (Fsp3) is 0.455. The fourth-order valence-electron chi connectivity index (χ4n) is 1.65. The van der Waals surface area contributed by atoms with E-state index in [2.05, 4.69) is 10.3 Å². The number of hydrogen-bond donors (Lipinski definition) is 3. The number of amides is 1. The number of pyridine rings is 1. The van der Waals surface area contributed by atoms with Crippen LogP contribution >= 0.6 is 0 Å². The van der Waals surface area contributed by atoms with Crippen LogP contribution in [0.15, 0.2) is 6.20 Å². The number of aliphatic hydroxyl groups is 1. The molecule has 0 spiro atoms. The third-order valence-electron chi connectivity index (χ3n) is 2.72. The Balaban J connectivity index is 2.78. The van der Waals surface area contributed by atoms with Crippen molar-refractivity contribution < 1.29 is 14.8 Å². The van der Waals surface area contributed by atoms with Crippen LogP contribution in [0.25, 0.3) is 0 Å². The molecule has 8 nitrogen and oxygen atoms in total. The molecule has 0 aliphatic rings. The Hall–Kier alpha value is -2.06. The van der Waals surface area contributed by atoms with Crippen molar-refractivity contribution >= 4 is 11.6 Å². The number of nitrogens with one attached hydrogen (secondary N) is 1. The van der Waals surface area contributed by atoms with E-state index >= 15 is 0 Å². The van der Waals surface area contributed by atoms with Crippen LogP contribution < -0.4 is 11.1 Å². The van der Waals surface area contributed by atoms with Gasteiger partial charge in [0.1, 0.15) is 6.10 Å². The van der Waals surface area contributed by atoms with Crippen LogP contribution in [0.5, 0.6) is 0 Å². The van der Waals surface area contributed by atoms with Crippen molar-refractivity contribution in [3.05, 3.63) is 33.1 Å². The molecule has 4 N–H and O–H groups in total. The van der Waals surface area contributed by atoms with Crippen molar-refractivity contribution in [1.29, 1.82) is 0 Å². The number of carbonyl (C=O) groups excluding carboxylic acids is 1. The molecule has 1 unspecified atom stereocenters. The number of primary amides is 1. The Morgan fingerprint density at radius 2 is 2.26 bits per heavy atom. The Labute approximate surface area is 109 Å². The summed E-state index contributed by atoms with van der Waals surface area (Å²) in [6.45, 7) is 3.40. The van der Waals surface area contributed by atoms with Crippen molar-refractivity contribution in [2.24, 2.45) is 5.73 Å². The van der Waals surface area contributed by atoms with Gasteiger partial charge in [0.05, 0.1) is 10.6 Å². The van der Waals surface area contributed by atoms with Gasteiger partial charge >= 0.3 is 0 Å². The van der Waals surface area contributed by atoms with Gasteiger partial charge in [-0.2, -0.15) is 0 Å². The van der Waals surface area contributed by atoms with Crippen LogP contribution in [-0.2, 0) is 11.3 Å². The average Bonchev–Trinajstić information content (AvgIpc) is 2.31. The van der Waals surface area contributed by atoms with Gasteiger partial charge in [-0.1, -0.05) is 0 Å². The van der Waals surface area contributed by atoms with Gasteiger partial charge in [0.25, 0.3) is 5.69 Å². The monoisotopic (exact) mass is 268 g/mol. The van der Waals surface area contributed by atoms with Crippen molar-refractivity contribution in [3.8, 4) is 0 Å². The first-order valence-electron chi connectivity index (χ1n) is 5.62. The minimum Gasteiger partial charge on any atom is -0.382 e. The summed E-state index contributed by atoms with van der Waals surface area (Å²) in [6, 6.07) is 0. The topological polar surface area (TPSA) is 131 Å². The van der Waals surface area contributed by atoms with E-state index in [4.69, 9.17) is 5.73 Å². The average molecular weight is 268 g/mol. The first-order valence-corrected chi connectivity index (χ1v) is 5.62. The van der Waals surface area contributed by atoms with Crippen molar-refractivity contribution in [2.45, 2.75) is 26.5 Å². The van der Waals surface area contributed by atoms with Gasteiger partial charge in [-0.3, -0.25) is 19.9 Å². The summed E-state index contributed by atoms with van der Waals surface area (Å²) in [6.07, 6.45) is 0.132. The molecule has 0 aliphatic carbocycles. The minimum atomic E-state index is -1.29. The molecule has 19 heavy (non-hydrogen) atoms. The second-order valence-corrected chi connectivity index (χ2v) is 4.17. The van der Waals surface area contributed by atoms with Gasteiger partial charge < -0.3 is 16.2 Å². The maximum Gasteiger partial charge on any atom is 0.278 e. The molecular formula is C11H16N4O4. The van der Waals surface area contributed by atoms with E-state index in [1.165, 1.54) is 6.20 Å². The summed E-state index contributed by atoms with van der Waals surface area (Å²) >= 11 is 0. The number of hydrogen-bond acceptors (Lipinski definition) is 6. The lowest BCUT2D eigenvalue weighted by molar-refractivity contribution is -0.386. The second-order valence-electron chi connectivity index (χ2n) is 4.17. The number of carbonyl (C=O) groups is 1. The highest BCUT2D eigenvalue weighted by Gasteiger charge is 2.18. The molecule has 8 heteroatoms. The molecule has 1 atom stereocenters.